The molecule has 0 unspecified atom stereocenters. The summed E-state index contributed by atoms with van der Waals surface area (Å²) in [6.45, 7) is 5.75. The number of hydrogen-bond donors (Lipinski definition) is 0. The Hall–Kier alpha value is -0.520. The van der Waals surface area contributed by atoms with E-state index in [1.54, 1.807) is 17.6 Å². The molecule has 1 heterocycles. The van der Waals surface area contributed by atoms with Gasteiger partial charge in [0.2, 0.25) is 0 Å². The Morgan fingerprint density at radius 1 is 1.33 bits per heavy atom. The summed E-state index contributed by atoms with van der Waals surface area (Å²) in [5.74, 6) is 0. The van der Waals surface area contributed by atoms with Gasteiger partial charge in [0.15, 0.2) is 0 Å². The predicted octanol–water partition coefficient (Wildman–Crippen LogP) is 4.54. The number of hydrogen-bond acceptors (Lipinski definition) is 2. The van der Waals surface area contributed by atoms with Crippen molar-refractivity contribution >= 4 is 54.6 Å². The normalized spacial score (nSPS) is 14.4. The Balaban J connectivity index is 2.36. The molecule has 96 valence electrons. The van der Waals surface area contributed by atoms with Crippen molar-refractivity contribution in [3.05, 3.63) is 33.6 Å². The molecule has 0 saturated heterocycles. The summed E-state index contributed by atoms with van der Waals surface area (Å²) in [6.07, 6.45) is 1.70. The average molecular weight is 344 g/mol. The van der Waals surface area contributed by atoms with Crippen molar-refractivity contribution in [2.24, 2.45) is 4.40 Å². The fourth-order valence-electron chi connectivity index (χ4n) is 1.37. The van der Waals surface area contributed by atoms with E-state index in [4.69, 9.17) is 0 Å². The average Bonchev–Trinajstić information content (AvgIpc) is 2.63. The highest BCUT2D eigenvalue weighted by atomic mass is 79.9. The zero-order chi connectivity index (χ0) is 13.3. The lowest BCUT2D eigenvalue weighted by Gasteiger charge is -2.12. The van der Waals surface area contributed by atoms with Gasteiger partial charge in [0.1, 0.15) is 11.0 Å². The van der Waals surface area contributed by atoms with Crippen molar-refractivity contribution in [2.75, 3.05) is 0 Å². The Morgan fingerprint density at radius 2 is 2.00 bits per heavy atom. The zero-order valence-corrected chi connectivity index (χ0v) is 13.7. The van der Waals surface area contributed by atoms with Gasteiger partial charge in [-0.3, -0.25) is 0 Å². The smallest absolute Gasteiger partial charge is 0.144 e. The molecule has 0 bridgehead atoms. The number of nitrogens with zero attached hydrogens (tertiary/aromatic N) is 1. The second-order valence-corrected chi connectivity index (χ2v) is 8.68. The molecule has 0 radical (unpaired) electrons. The van der Waals surface area contributed by atoms with Crippen LogP contribution in [0.25, 0.3) is 10.1 Å². The van der Waals surface area contributed by atoms with Crippen molar-refractivity contribution < 1.29 is 4.21 Å². The van der Waals surface area contributed by atoms with Crippen LogP contribution in [-0.2, 0) is 11.0 Å². The van der Waals surface area contributed by atoms with Gasteiger partial charge in [0, 0.05) is 14.6 Å². The molecule has 0 spiro atoms. The van der Waals surface area contributed by atoms with Crippen LogP contribution < -0.4 is 0 Å². The predicted molar refractivity (Wildman–Crippen MR) is 85.0 cm³/mol. The summed E-state index contributed by atoms with van der Waals surface area (Å²) in [5.41, 5.74) is 0. The van der Waals surface area contributed by atoms with Gasteiger partial charge in [-0.15, -0.1) is 11.3 Å². The van der Waals surface area contributed by atoms with Crippen LogP contribution in [0.3, 0.4) is 0 Å². The monoisotopic (exact) mass is 343 g/mol. The van der Waals surface area contributed by atoms with Gasteiger partial charge in [-0.05, 0) is 42.8 Å². The standard InChI is InChI=1S/C13H14BrNOS2/c1-13(2,3)18(16)15-8-11-12(14)9-6-4-5-7-10(9)17-11/h4-8H,1-3H3/b15-8+/t18-/m0/s1. The molecule has 0 aliphatic heterocycles. The van der Waals surface area contributed by atoms with Crippen molar-refractivity contribution in [1.82, 2.24) is 0 Å². The SMILES string of the molecule is CC(C)(C)[S@](=O)/N=C/c1sc2ccccc2c1Br. The number of benzene rings is 1. The molecule has 1 aromatic heterocycles. The summed E-state index contributed by atoms with van der Waals surface area (Å²) >= 11 is 5.22. The molecule has 2 nitrogen and oxygen atoms in total. The molecule has 18 heavy (non-hydrogen) atoms. The summed E-state index contributed by atoms with van der Waals surface area (Å²) in [6, 6.07) is 8.16. The maximum absolute atomic E-state index is 11.9. The van der Waals surface area contributed by atoms with Gasteiger partial charge in [-0.25, -0.2) is 4.21 Å². The van der Waals surface area contributed by atoms with Crippen LogP contribution in [0.5, 0.6) is 0 Å². The van der Waals surface area contributed by atoms with E-state index in [0.29, 0.717) is 0 Å². The van der Waals surface area contributed by atoms with Crippen LogP contribution in [0.4, 0.5) is 0 Å². The van der Waals surface area contributed by atoms with Crippen LogP contribution in [0, 0.1) is 0 Å². The van der Waals surface area contributed by atoms with Crippen molar-refractivity contribution in [3.8, 4) is 0 Å². The highest BCUT2D eigenvalue weighted by molar-refractivity contribution is 9.10. The highest BCUT2D eigenvalue weighted by Crippen LogP contribution is 2.34. The highest BCUT2D eigenvalue weighted by Gasteiger charge is 2.18. The molecule has 0 aliphatic rings. The molecule has 0 fully saturated rings. The molecule has 0 saturated carbocycles. The minimum Gasteiger partial charge on any atom is -0.234 e. The molecule has 1 atom stereocenters. The van der Waals surface area contributed by atoms with Crippen LogP contribution in [0.2, 0.25) is 0 Å². The van der Waals surface area contributed by atoms with E-state index in [9.17, 15) is 4.21 Å². The maximum atomic E-state index is 11.9. The first-order valence-corrected chi connectivity index (χ1v) is 8.24. The number of fused-ring (bicyclic) bond motifs is 1. The van der Waals surface area contributed by atoms with Gasteiger partial charge in [-0.1, -0.05) is 18.2 Å². The summed E-state index contributed by atoms with van der Waals surface area (Å²) in [5, 5.41) is 1.17. The van der Waals surface area contributed by atoms with E-state index in [2.05, 4.69) is 32.5 Å². The molecular formula is C13H14BrNOS2. The van der Waals surface area contributed by atoms with E-state index in [1.165, 1.54) is 10.1 Å². The van der Waals surface area contributed by atoms with Crippen molar-refractivity contribution in [2.45, 2.75) is 25.5 Å². The molecular weight excluding hydrogens is 330 g/mol. The molecule has 0 amide bonds. The van der Waals surface area contributed by atoms with Crippen molar-refractivity contribution in [3.63, 3.8) is 0 Å². The molecule has 0 aliphatic carbocycles. The van der Waals surface area contributed by atoms with Gasteiger partial charge < -0.3 is 0 Å². The Bertz CT molecular complexity index is 625. The topological polar surface area (TPSA) is 29.4 Å². The third-order valence-electron chi connectivity index (χ3n) is 2.35. The molecule has 1 aromatic carbocycles. The minimum atomic E-state index is -1.21. The lowest BCUT2D eigenvalue weighted by molar-refractivity contribution is 0.651. The third-order valence-corrected chi connectivity index (χ3v) is 5.92. The van der Waals surface area contributed by atoms with Gasteiger partial charge in [-0.2, -0.15) is 4.40 Å². The quantitative estimate of drug-likeness (QED) is 0.735. The van der Waals surface area contributed by atoms with Gasteiger partial charge >= 0.3 is 0 Å². The minimum absolute atomic E-state index is 0.320. The third kappa shape index (κ3) is 2.90. The first-order valence-electron chi connectivity index (χ1n) is 5.52. The Kier molecular flexibility index (Phi) is 4.04. The largest absolute Gasteiger partial charge is 0.234 e. The zero-order valence-electron chi connectivity index (χ0n) is 10.4. The lowest BCUT2D eigenvalue weighted by atomic mass is 10.2. The fourth-order valence-corrected chi connectivity index (χ4v) is 3.74. The second-order valence-electron chi connectivity index (χ2n) is 4.87. The summed E-state index contributed by atoms with van der Waals surface area (Å²) in [7, 11) is -1.21. The molecule has 0 N–H and O–H groups in total. The lowest BCUT2D eigenvalue weighted by Crippen LogP contribution is -2.19. The molecule has 2 aromatic rings. The first-order chi connectivity index (χ1) is 8.39. The number of rotatable bonds is 2. The van der Waals surface area contributed by atoms with Gasteiger partial charge in [0.25, 0.3) is 0 Å². The van der Waals surface area contributed by atoms with E-state index >= 15 is 0 Å². The van der Waals surface area contributed by atoms with Crippen LogP contribution in [-0.4, -0.2) is 15.2 Å². The number of halogens is 1. The van der Waals surface area contributed by atoms with E-state index < -0.39 is 11.0 Å². The van der Waals surface area contributed by atoms with E-state index in [-0.39, 0.29) is 4.75 Å². The molecule has 5 heteroatoms. The Morgan fingerprint density at radius 3 is 2.61 bits per heavy atom. The van der Waals surface area contributed by atoms with Crippen LogP contribution in [0.15, 0.2) is 33.1 Å². The van der Waals surface area contributed by atoms with Gasteiger partial charge in [0.05, 0.1) is 15.8 Å². The Labute approximate surface area is 122 Å². The molecule has 2 rings (SSSR count). The fraction of sp³-hybridized carbons (Fsp3) is 0.308. The summed E-state index contributed by atoms with van der Waals surface area (Å²) < 4.78 is 17.9. The van der Waals surface area contributed by atoms with E-state index in [0.717, 1.165) is 9.35 Å². The van der Waals surface area contributed by atoms with Crippen LogP contribution in [0.1, 0.15) is 25.6 Å². The van der Waals surface area contributed by atoms with Crippen LogP contribution >= 0.6 is 27.3 Å². The first kappa shape index (κ1) is 13.9. The van der Waals surface area contributed by atoms with E-state index in [1.807, 2.05) is 32.9 Å². The van der Waals surface area contributed by atoms with Crippen molar-refractivity contribution in [1.29, 1.82) is 0 Å². The second kappa shape index (κ2) is 5.23. The maximum Gasteiger partial charge on any atom is 0.144 e. The number of thiophene rings is 1. The summed E-state index contributed by atoms with van der Waals surface area (Å²) in [4.78, 5) is 1.01.